The second-order valence-electron chi connectivity index (χ2n) is 9.70. The van der Waals surface area contributed by atoms with Crippen LogP contribution < -0.4 is 19.6 Å². The molecule has 1 aromatic heterocycles. The number of fused-ring (bicyclic) bond motifs is 1. The third-order valence-electron chi connectivity index (χ3n) is 6.71. The van der Waals surface area contributed by atoms with Gasteiger partial charge in [0.2, 0.25) is 0 Å². The van der Waals surface area contributed by atoms with Crippen molar-refractivity contribution in [3.8, 4) is 28.4 Å². The van der Waals surface area contributed by atoms with Crippen LogP contribution in [0, 0.1) is 13.8 Å². The maximum Gasteiger partial charge on any atom is 0.343 e. The number of benzene rings is 4. The molecule has 1 heterocycles. The Hall–Kier alpha value is -5.37. The lowest BCUT2D eigenvalue weighted by atomic mass is 9.99. The predicted molar refractivity (Wildman–Crippen MR) is 164 cm³/mol. The first-order chi connectivity index (χ1) is 20.4. The number of aryl methyl sites for hydroxylation is 2. The Morgan fingerprint density at radius 2 is 1.69 bits per heavy atom. The van der Waals surface area contributed by atoms with Crippen molar-refractivity contribution < 1.29 is 23.8 Å². The number of nitrogens with zero attached hydrogens (tertiary/aromatic N) is 1. The van der Waals surface area contributed by atoms with Crippen LogP contribution in [0.2, 0.25) is 0 Å². The van der Waals surface area contributed by atoms with Crippen LogP contribution in [-0.4, -0.2) is 36.8 Å². The zero-order valence-corrected chi connectivity index (χ0v) is 23.9. The van der Waals surface area contributed by atoms with Crippen molar-refractivity contribution in [1.82, 2.24) is 10.4 Å². The van der Waals surface area contributed by atoms with Gasteiger partial charge in [0.1, 0.15) is 11.4 Å². The number of hydrogen-bond acceptors (Lipinski definition) is 6. The number of esters is 1. The number of rotatable bonds is 9. The van der Waals surface area contributed by atoms with Gasteiger partial charge < -0.3 is 19.2 Å². The molecule has 0 fully saturated rings. The largest absolute Gasteiger partial charge is 0.497 e. The monoisotopic (exact) mass is 561 g/mol. The molecule has 212 valence electrons. The average molecular weight is 562 g/mol. The quantitative estimate of drug-likeness (QED) is 0.0888. The summed E-state index contributed by atoms with van der Waals surface area (Å²) in [6, 6.07) is 25.7. The molecule has 0 aliphatic carbocycles. The Morgan fingerprint density at radius 1 is 0.929 bits per heavy atom. The van der Waals surface area contributed by atoms with E-state index in [0.717, 1.165) is 33.2 Å². The van der Waals surface area contributed by atoms with Gasteiger partial charge in [0.25, 0.3) is 5.91 Å². The van der Waals surface area contributed by atoms with Gasteiger partial charge in [-0.2, -0.15) is 5.10 Å². The maximum atomic E-state index is 13.4. The number of amides is 1. The molecule has 0 aliphatic rings. The minimum atomic E-state index is -0.523. The van der Waals surface area contributed by atoms with E-state index >= 15 is 0 Å². The van der Waals surface area contributed by atoms with Gasteiger partial charge in [0.05, 0.1) is 25.5 Å². The summed E-state index contributed by atoms with van der Waals surface area (Å²) in [5, 5.41) is 5.18. The van der Waals surface area contributed by atoms with Crippen molar-refractivity contribution >= 4 is 29.0 Å². The second-order valence-corrected chi connectivity index (χ2v) is 9.70. The Labute approximate surface area is 243 Å². The smallest absolute Gasteiger partial charge is 0.343 e. The molecule has 0 aliphatic heterocycles. The molecule has 0 atom stereocenters. The normalized spacial score (nSPS) is 11.0. The molecule has 2 N–H and O–H groups in total. The lowest BCUT2D eigenvalue weighted by molar-refractivity contribution is 0.0728. The van der Waals surface area contributed by atoms with E-state index < -0.39 is 5.97 Å². The van der Waals surface area contributed by atoms with Gasteiger partial charge in [-0.15, -0.1) is 0 Å². The number of hydrazone groups is 1. The number of H-pyrrole nitrogens is 1. The number of aromatic amines is 1. The molecule has 42 heavy (non-hydrogen) atoms. The lowest BCUT2D eigenvalue weighted by Gasteiger charge is -2.11. The number of carbonyl (C=O) groups excluding carboxylic acids is 2. The van der Waals surface area contributed by atoms with E-state index in [9.17, 15) is 9.59 Å². The standard InChI is InChI=1S/C34H31N3O5/c1-5-41-29-19-23(11-16-28(29)42-34(39)25-12-14-26(40-4)15-13-25)20-35-37-33(38)32-30(24-9-7-6-8-10-24)27-18-21(2)17-22(3)31(27)36-32/h6-20,36H,5H2,1-4H3,(H,37,38). The van der Waals surface area contributed by atoms with Gasteiger partial charge in [-0.3, -0.25) is 4.79 Å². The molecule has 5 aromatic rings. The highest BCUT2D eigenvalue weighted by molar-refractivity contribution is 6.10. The second kappa shape index (κ2) is 12.4. The third-order valence-corrected chi connectivity index (χ3v) is 6.71. The Balaban J connectivity index is 1.36. The van der Waals surface area contributed by atoms with Crippen molar-refractivity contribution in [2.24, 2.45) is 5.10 Å². The SMILES string of the molecule is CCOc1cc(C=NNC(=O)c2[nH]c3c(C)cc(C)cc3c2-c2ccccc2)ccc1OC(=O)c1ccc(OC)cc1. The van der Waals surface area contributed by atoms with Gasteiger partial charge in [0.15, 0.2) is 11.5 Å². The summed E-state index contributed by atoms with van der Waals surface area (Å²) >= 11 is 0. The topological polar surface area (TPSA) is 102 Å². The summed E-state index contributed by atoms with van der Waals surface area (Å²) in [6.45, 7) is 6.27. The van der Waals surface area contributed by atoms with Crippen molar-refractivity contribution in [2.45, 2.75) is 20.8 Å². The number of ether oxygens (including phenoxy) is 3. The first-order valence-corrected chi connectivity index (χ1v) is 13.5. The molecular formula is C34H31N3O5. The zero-order valence-electron chi connectivity index (χ0n) is 23.9. The fraction of sp³-hybridized carbons (Fsp3) is 0.147. The van der Waals surface area contributed by atoms with Gasteiger partial charge in [0, 0.05) is 16.5 Å². The van der Waals surface area contributed by atoms with Crippen LogP contribution in [0.5, 0.6) is 17.2 Å². The first kappa shape index (κ1) is 28.2. The summed E-state index contributed by atoms with van der Waals surface area (Å²) in [5.74, 6) is 0.402. The number of carbonyl (C=O) groups is 2. The minimum Gasteiger partial charge on any atom is -0.497 e. The summed E-state index contributed by atoms with van der Waals surface area (Å²) in [6.07, 6.45) is 1.51. The Morgan fingerprint density at radius 3 is 2.40 bits per heavy atom. The van der Waals surface area contributed by atoms with E-state index in [1.165, 1.54) is 6.21 Å². The van der Waals surface area contributed by atoms with Crippen molar-refractivity contribution in [1.29, 1.82) is 0 Å². The fourth-order valence-corrected chi connectivity index (χ4v) is 4.79. The van der Waals surface area contributed by atoms with Crippen molar-refractivity contribution in [3.63, 3.8) is 0 Å². The van der Waals surface area contributed by atoms with Crippen LogP contribution >= 0.6 is 0 Å². The molecule has 8 nitrogen and oxygen atoms in total. The van der Waals surface area contributed by atoms with Crippen LogP contribution in [0.3, 0.4) is 0 Å². The van der Waals surface area contributed by atoms with Crippen LogP contribution in [0.4, 0.5) is 0 Å². The summed E-state index contributed by atoms with van der Waals surface area (Å²) < 4.78 is 16.4. The van der Waals surface area contributed by atoms with Gasteiger partial charge >= 0.3 is 5.97 Å². The number of methoxy groups -OCH3 is 1. The highest BCUT2D eigenvalue weighted by Crippen LogP contribution is 2.35. The van der Waals surface area contributed by atoms with E-state index in [1.54, 1.807) is 49.6 Å². The summed E-state index contributed by atoms with van der Waals surface area (Å²) in [5.41, 5.74) is 8.94. The number of nitrogens with one attached hydrogen (secondary N) is 2. The van der Waals surface area contributed by atoms with E-state index in [0.29, 0.717) is 34.9 Å². The van der Waals surface area contributed by atoms with Gasteiger partial charge in [-0.05, 0) is 86.0 Å². The van der Waals surface area contributed by atoms with E-state index in [4.69, 9.17) is 14.2 Å². The van der Waals surface area contributed by atoms with Crippen LogP contribution in [0.25, 0.3) is 22.0 Å². The van der Waals surface area contributed by atoms with Crippen molar-refractivity contribution in [3.05, 3.63) is 113 Å². The average Bonchev–Trinajstić information content (AvgIpc) is 3.39. The van der Waals surface area contributed by atoms with Crippen molar-refractivity contribution in [2.75, 3.05) is 13.7 Å². The first-order valence-electron chi connectivity index (χ1n) is 13.5. The Bertz CT molecular complexity index is 1770. The number of hydrogen-bond donors (Lipinski definition) is 2. The van der Waals surface area contributed by atoms with Crippen LogP contribution in [0.15, 0.2) is 90.0 Å². The molecular weight excluding hydrogens is 530 g/mol. The minimum absolute atomic E-state index is 0.273. The third kappa shape index (κ3) is 6.02. The predicted octanol–water partition coefficient (Wildman–Crippen LogP) is 6.84. The molecule has 0 saturated heterocycles. The number of aromatic nitrogens is 1. The molecule has 0 unspecified atom stereocenters. The van der Waals surface area contributed by atoms with Crippen LogP contribution in [0.1, 0.15) is 44.5 Å². The van der Waals surface area contributed by atoms with E-state index in [-0.39, 0.29) is 11.7 Å². The van der Waals surface area contributed by atoms with E-state index in [2.05, 4.69) is 27.6 Å². The van der Waals surface area contributed by atoms with E-state index in [1.807, 2.05) is 51.1 Å². The molecule has 0 spiro atoms. The molecule has 8 heteroatoms. The molecule has 4 aromatic carbocycles. The summed E-state index contributed by atoms with van der Waals surface area (Å²) in [7, 11) is 1.56. The molecule has 0 saturated carbocycles. The van der Waals surface area contributed by atoms with Gasteiger partial charge in [-0.25, -0.2) is 10.2 Å². The lowest BCUT2D eigenvalue weighted by Crippen LogP contribution is -2.19. The Kier molecular flexibility index (Phi) is 8.34. The highest BCUT2D eigenvalue weighted by Gasteiger charge is 2.20. The van der Waals surface area contributed by atoms with Gasteiger partial charge in [-0.1, -0.05) is 42.0 Å². The fourth-order valence-electron chi connectivity index (χ4n) is 4.79. The molecule has 1 amide bonds. The zero-order chi connectivity index (χ0) is 29.6. The summed E-state index contributed by atoms with van der Waals surface area (Å²) in [4.78, 5) is 29.4. The van der Waals surface area contributed by atoms with Crippen LogP contribution in [-0.2, 0) is 0 Å². The molecule has 5 rings (SSSR count). The highest BCUT2D eigenvalue weighted by atomic mass is 16.6. The molecule has 0 bridgehead atoms. The molecule has 0 radical (unpaired) electrons. The maximum absolute atomic E-state index is 13.4.